The van der Waals surface area contributed by atoms with E-state index in [0.717, 1.165) is 0 Å². The fraction of sp³-hybridized carbons (Fsp3) is 0.214. The van der Waals surface area contributed by atoms with Crippen LogP contribution < -0.4 is 5.32 Å². The van der Waals surface area contributed by atoms with E-state index < -0.39 is 18.5 Å². The first-order valence-corrected chi connectivity index (χ1v) is 7.04. The van der Waals surface area contributed by atoms with Crippen molar-refractivity contribution < 1.29 is 18.7 Å². The van der Waals surface area contributed by atoms with Crippen LogP contribution in [-0.4, -0.2) is 23.5 Å². The SMILES string of the molecule is C[C@@H](NC(=O)COC(=O)c1cnc(Cl)c(Cl)c1)c1ccco1. The van der Waals surface area contributed by atoms with E-state index in [-0.39, 0.29) is 21.8 Å². The monoisotopic (exact) mass is 342 g/mol. The molecule has 0 saturated carbocycles. The third kappa shape index (κ3) is 4.22. The summed E-state index contributed by atoms with van der Waals surface area (Å²) in [5.74, 6) is -0.564. The molecule has 0 aliphatic carbocycles. The minimum absolute atomic E-state index is 0.0863. The molecule has 22 heavy (non-hydrogen) atoms. The van der Waals surface area contributed by atoms with E-state index in [4.69, 9.17) is 32.4 Å². The number of esters is 1. The number of aromatic nitrogens is 1. The molecular weight excluding hydrogens is 331 g/mol. The van der Waals surface area contributed by atoms with Crippen LogP contribution in [0.4, 0.5) is 0 Å². The van der Waals surface area contributed by atoms with Gasteiger partial charge in [-0.3, -0.25) is 4.79 Å². The van der Waals surface area contributed by atoms with Crippen LogP contribution in [0.25, 0.3) is 0 Å². The molecule has 8 heteroatoms. The second-order valence-electron chi connectivity index (χ2n) is 4.38. The summed E-state index contributed by atoms with van der Waals surface area (Å²) in [6.45, 7) is 1.32. The molecule has 0 radical (unpaired) electrons. The molecule has 116 valence electrons. The summed E-state index contributed by atoms with van der Waals surface area (Å²) >= 11 is 11.4. The van der Waals surface area contributed by atoms with Gasteiger partial charge in [0.1, 0.15) is 10.9 Å². The molecular formula is C14H12Cl2N2O4. The van der Waals surface area contributed by atoms with Gasteiger partial charge in [0.05, 0.1) is 22.9 Å². The van der Waals surface area contributed by atoms with Gasteiger partial charge in [0.25, 0.3) is 5.91 Å². The number of rotatable bonds is 5. The maximum absolute atomic E-state index is 11.8. The molecule has 2 aromatic rings. The zero-order valence-corrected chi connectivity index (χ0v) is 13.0. The minimum atomic E-state index is -0.716. The number of carbonyl (C=O) groups excluding carboxylic acids is 2. The van der Waals surface area contributed by atoms with Gasteiger partial charge in [-0.1, -0.05) is 23.2 Å². The summed E-state index contributed by atoms with van der Waals surface area (Å²) < 4.78 is 10.0. The quantitative estimate of drug-likeness (QED) is 0.667. The van der Waals surface area contributed by atoms with Crippen molar-refractivity contribution in [3.05, 3.63) is 52.2 Å². The zero-order valence-electron chi connectivity index (χ0n) is 11.5. The first kappa shape index (κ1) is 16.3. The Labute approximate surface area is 136 Å². The van der Waals surface area contributed by atoms with E-state index in [9.17, 15) is 9.59 Å². The summed E-state index contributed by atoms with van der Waals surface area (Å²) in [4.78, 5) is 27.2. The number of halogens is 2. The number of nitrogens with zero attached hydrogens (tertiary/aromatic N) is 1. The van der Waals surface area contributed by atoms with E-state index >= 15 is 0 Å². The molecule has 0 aromatic carbocycles. The van der Waals surface area contributed by atoms with Crippen LogP contribution in [0.5, 0.6) is 0 Å². The molecule has 2 aromatic heterocycles. The second kappa shape index (κ2) is 7.29. The normalized spacial score (nSPS) is 11.8. The Morgan fingerprint density at radius 2 is 2.23 bits per heavy atom. The highest BCUT2D eigenvalue weighted by Crippen LogP contribution is 2.20. The van der Waals surface area contributed by atoms with Gasteiger partial charge in [-0.15, -0.1) is 0 Å². The van der Waals surface area contributed by atoms with Crippen LogP contribution in [0, 0.1) is 0 Å². The number of ether oxygens (including phenoxy) is 1. The van der Waals surface area contributed by atoms with Crippen molar-refractivity contribution in [2.75, 3.05) is 6.61 Å². The Morgan fingerprint density at radius 1 is 1.45 bits per heavy atom. The minimum Gasteiger partial charge on any atom is -0.467 e. The molecule has 0 spiro atoms. The molecule has 0 aliphatic rings. The number of hydrogen-bond acceptors (Lipinski definition) is 5. The fourth-order valence-electron chi connectivity index (χ4n) is 1.64. The van der Waals surface area contributed by atoms with E-state index in [1.165, 1.54) is 18.5 Å². The molecule has 1 atom stereocenters. The lowest BCUT2D eigenvalue weighted by Crippen LogP contribution is -2.31. The molecule has 0 bridgehead atoms. The number of amides is 1. The highest BCUT2D eigenvalue weighted by molar-refractivity contribution is 6.41. The molecule has 0 fully saturated rings. The van der Waals surface area contributed by atoms with Gasteiger partial charge in [-0.25, -0.2) is 9.78 Å². The zero-order chi connectivity index (χ0) is 16.1. The summed E-state index contributed by atoms with van der Waals surface area (Å²) in [7, 11) is 0. The molecule has 2 heterocycles. The Balaban J connectivity index is 1.85. The highest BCUT2D eigenvalue weighted by atomic mass is 35.5. The van der Waals surface area contributed by atoms with Crippen molar-refractivity contribution >= 4 is 35.1 Å². The van der Waals surface area contributed by atoms with Crippen molar-refractivity contribution in [3.8, 4) is 0 Å². The average Bonchev–Trinajstić information content (AvgIpc) is 3.02. The van der Waals surface area contributed by atoms with Crippen molar-refractivity contribution in [1.29, 1.82) is 0 Å². The first-order chi connectivity index (χ1) is 10.5. The number of nitrogens with one attached hydrogen (secondary N) is 1. The molecule has 0 aliphatic heterocycles. The van der Waals surface area contributed by atoms with Gasteiger partial charge < -0.3 is 14.5 Å². The van der Waals surface area contributed by atoms with Crippen molar-refractivity contribution in [2.45, 2.75) is 13.0 Å². The Hall–Kier alpha value is -2.05. The Bertz CT molecular complexity index is 673. The van der Waals surface area contributed by atoms with Crippen LogP contribution >= 0.6 is 23.2 Å². The van der Waals surface area contributed by atoms with Gasteiger partial charge in [-0.05, 0) is 25.1 Å². The lowest BCUT2D eigenvalue weighted by Gasteiger charge is -2.11. The summed E-state index contributed by atoms with van der Waals surface area (Å²) in [5.41, 5.74) is 0.112. The van der Waals surface area contributed by atoms with Gasteiger partial charge in [-0.2, -0.15) is 0 Å². The Morgan fingerprint density at radius 3 is 2.86 bits per heavy atom. The van der Waals surface area contributed by atoms with Gasteiger partial charge in [0.15, 0.2) is 6.61 Å². The third-order valence-corrected chi connectivity index (χ3v) is 3.40. The van der Waals surface area contributed by atoms with Crippen LogP contribution in [0.3, 0.4) is 0 Å². The van der Waals surface area contributed by atoms with Crippen LogP contribution in [0.2, 0.25) is 10.2 Å². The van der Waals surface area contributed by atoms with Crippen molar-refractivity contribution in [3.63, 3.8) is 0 Å². The van der Waals surface area contributed by atoms with Crippen LogP contribution in [0.1, 0.15) is 29.1 Å². The van der Waals surface area contributed by atoms with Gasteiger partial charge in [0, 0.05) is 6.20 Å². The van der Waals surface area contributed by atoms with Gasteiger partial charge >= 0.3 is 5.97 Å². The predicted molar refractivity (Wildman–Crippen MR) is 79.8 cm³/mol. The Kier molecular flexibility index (Phi) is 5.41. The van der Waals surface area contributed by atoms with E-state index in [0.29, 0.717) is 5.76 Å². The third-order valence-electron chi connectivity index (χ3n) is 2.71. The van der Waals surface area contributed by atoms with Crippen LogP contribution in [0.15, 0.2) is 35.1 Å². The molecule has 1 amide bonds. The maximum Gasteiger partial charge on any atom is 0.340 e. The smallest absolute Gasteiger partial charge is 0.340 e. The molecule has 2 rings (SSSR count). The van der Waals surface area contributed by atoms with Crippen molar-refractivity contribution in [2.24, 2.45) is 0 Å². The first-order valence-electron chi connectivity index (χ1n) is 6.28. The van der Waals surface area contributed by atoms with E-state index in [1.54, 1.807) is 19.1 Å². The lowest BCUT2D eigenvalue weighted by molar-refractivity contribution is -0.125. The van der Waals surface area contributed by atoms with E-state index in [2.05, 4.69) is 10.3 Å². The predicted octanol–water partition coefficient (Wildman–Crippen LogP) is 3.02. The molecule has 0 unspecified atom stereocenters. The van der Waals surface area contributed by atoms with Gasteiger partial charge in [0.2, 0.25) is 0 Å². The lowest BCUT2D eigenvalue weighted by atomic mass is 10.2. The average molecular weight is 343 g/mol. The van der Waals surface area contributed by atoms with E-state index in [1.807, 2.05) is 0 Å². The molecule has 6 nitrogen and oxygen atoms in total. The summed E-state index contributed by atoms with van der Waals surface area (Å²) in [6.07, 6.45) is 2.73. The molecule has 0 saturated heterocycles. The number of pyridine rings is 1. The summed E-state index contributed by atoms with van der Waals surface area (Å²) in [6, 6.07) is 4.45. The largest absolute Gasteiger partial charge is 0.467 e. The number of hydrogen-bond donors (Lipinski definition) is 1. The molecule has 1 N–H and O–H groups in total. The standard InChI is InChI=1S/C14H12Cl2N2O4/c1-8(11-3-2-4-21-11)18-12(19)7-22-14(20)9-5-10(15)13(16)17-6-9/h2-6,8H,7H2,1H3,(H,18,19)/t8-/m1/s1. The number of furan rings is 1. The second-order valence-corrected chi connectivity index (χ2v) is 5.14. The summed E-state index contributed by atoms with van der Waals surface area (Å²) in [5, 5.41) is 2.85. The van der Waals surface area contributed by atoms with Crippen LogP contribution in [-0.2, 0) is 9.53 Å². The van der Waals surface area contributed by atoms with Crippen molar-refractivity contribution in [1.82, 2.24) is 10.3 Å². The topological polar surface area (TPSA) is 81.4 Å². The fourth-order valence-corrected chi connectivity index (χ4v) is 1.91. The number of carbonyl (C=O) groups is 2. The maximum atomic E-state index is 11.8. The highest BCUT2D eigenvalue weighted by Gasteiger charge is 2.15.